The smallest absolute Gasteiger partial charge is 0.127 e. The van der Waals surface area contributed by atoms with Crippen LogP contribution < -0.4 is 4.74 Å². The Kier molecular flexibility index (Phi) is 4.05. The largest absolute Gasteiger partial charge is 0.457 e. The summed E-state index contributed by atoms with van der Waals surface area (Å²) in [6.45, 7) is 2.08. The van der Waals surface area contributed by atoms with E-state index in [0.717, 1.165) is 22.9 Å². The van der Waals surface area contributed by atoms with Crippen LogP contribution in [0.15, 0.2) is 71.7 Å². The average molecular weight is 290 g/mol. The van der Waals surface area contributed by atoms with Crippen molar-refractivity contribution in [2.24, 2.45) is 12.0 Å². The van der Waals surface area contributed by atoms with Crippen molar-refractivity contribution in [3.63, 3.8) is 0 Å². The van der Waals surface area contributed by atoms with Gasteiger partial charge in [0.15, 0.2) is 0 Å². The molecule has 0 saturated heterocycles. The van der Waals surface area contributed by atoms with Crippen LogP contribution >= 0.6 is 0 Å². The van der Waals surface area contributed by atoms with E-state index in [-0.39, 0.29) is 0 Å². The summed E-state index contributed by atoms with van der Waals surface area (Å²) < 4.78 is 7.87. The Morgan fingerprint density at radius 2 is 1.55 bits per heavy atom. The fourth-order valence-electron chi connectivity index (χ4n) is 2.13. The Morgan fingerprint density at radius 1 is 0.864 bits per heavy atom. The molecule has 3 aromatic rings. The van der Waals surface area contributed by atoms with Gasteiger partial charge < -0.3 is 9.30 Å². The van der Waals surface area contributed by atoms with Crippen LogP contribution in [-0.2, 0) is 7.05 Å². The van der Waals surface area contributed by atoms with Gasteiger partial charge in [-0.3, -0.25) is 4.99 Å². The summed E-state index contributed by atoms with van der Waals surface area (Å²) in [4.78, 5) is 4.50. The highest BCUT2D eigenvalue weighted by atomic mass is 16.5. The molecule has 22 heavy (non-hydrogen) atoms. The third-order valence-electron chi connectivity index (χ3n) is 3.57. The molecule has 0 saturated carbocycles. The summed E-state index contributed by atoms with van der Waals surface area (Å²) >= 11 is 0. The predicted molar refractivity (Wildman–Crippen MR) is 90.4 cm³/mol. The van der Waals surface area contributed by atoms with Crippen LogP contribution in [0.3, 0.4) is 0 Å². The van der Waals surface area contributed by atoms with Crippen molar-refractivity contribution in [1.82, 2.24) is 4.57 Å². The van der Waals surface area contributed by atoms with Gasteiger partial charge in [-0.25, -0.2) is 0 Å². The molecule has 0 aliphatic heterocycles. The highest BCUT2D eigenvalue weighted by Gasteiger charge is 1.99. The number of ether oxygens (including phenoxy) is 1. The lowest BCUT2D eigenvalue weighted by Gasteiger charge is -2.05. The summed E-state index contributed by atoms with van der Waals surface area (Å²) in [6.07, 6.45) is 1.88. The molecule has 3 nitrogen and oxygen atoms in total. The molecule has 0 radical (unpaired) electrons. The zero-order chi connectivity index (χ0) is 15.4. The number of aromatic nitrogens is 1. The molecule has 0 N–H and O–H groups in total. The Bertz CT molecular complexity index is 771. The fraction of sp³-hybridized carbons (Fsp3) is 0.105. The van der Waals surface area contributed by atoms with Crippen molar-refractivity contribution in [1.29, 1.82) is 0 Å². The molecule has 3 heteroatoms. The lowest BCUT2D eigenvalue weighted by Crippen LogP contribution is -1.96. The van der Waals surface area contributed by atoms with Gasteiger partial charge in [-0.05, 0) is 55.5 Å². The lowest BCUT2D eigenvalue weighted by atomic mass is 10.3. The molecule has 0 fully saturated rings. The van der Waals surface area contributed by atoms with E-state index in [4.69, 9.17) is 4.74 Å². The molecule has 0 bridgehead atoms. The normalized spacial score (nSPS) is 11.0. The van der Waals surface area contributed by atoms with Crippen LogP contribution in [-0.4, -0.2) is 10.8 Å². The zero-order valence-corrected chi connectivity index (χ0v) is 12.7. The first-order valence-electron chi connectivity index (χ1n) is 7.22. The monoisotopic (exact) mass is 290 g/mol. The van der Waals surface area contributed by atoms with Crippen LogP contribution in [0.25, 0.3) is 0 Å². The lowest BCUT2D eigenvalue weighted by molar-refractivity contribution is 0.483. The van der Waals surface area contributed by atoms with Gasteiger partial charge in [-0.15, -0.1) is 0 Å². The maximum atomic E-state index is 5.76. The Balaban J connectivity index is 1.70. The van der Waals surface area contributed by atoms with E-state index in [2.05, 4.69) is 28.6 Å². The first kappa shape index (κ1) is 14.1. The number of aliphatic imine (C=N–C) groups is 1. The van der Waals surface area contributed by atoms with Crippen LogP contribution in [0.5, 0.6) is 11.5 Å². The number of aryl methyl sites for hydroxylation is 1. The summed E-state index contributed by atoms with van der Waals surface area (Å²) in [5.41, 5.74) is 3.20. The van der Waals surface area contributed by atoms with Gasteiger partial charge in [0.2, 0.25) is 0 Å². The van der Waals surface area contributed by atoms with E-state index < -0.39 is 0 Å². The van der Waals surface area contributed by atoms with E-state index in [1.54, 1.807) is 0 Å². The average Bonchev–Trinajstić information content (AvgIpc) is 2.87. The maximum Gasteiger partial charge on any atom is 0.127 e. The molecule has 1 aromatic heterocycles. The van der Waals surface area contributed by atoms with E-state index in [9.17, 15) is 0 Å². The molecule has 0 aliphatic rings. The first-order chi connectivity index (χ1) is 10.7. The molecule has 2 aromatic carbocycles. The Labute approximate surface area is 130 Å². The first-order valence-corrected chi connectivity index (χ1v) is 7.22. The van der Waals surface area contributed by atoms with Gasteiger partial charge in [-0.2, -0.15) is 0 Å². The van der Waals surface area contributed by atoms with Gasteiger partial charge in [0.05, 0.1) is 17.6 Å². The molecule has 3 rings (SSSR count). The van der Waals surface area contributed by atoms with Gasteiger partial charge in [0, 0.05) is 12.7 Å². The van der Waals surface area contributed by atoms with Crippen molar-refractivity contribution in [3.8, 4) is 11.5 Å². The zero-order valence-electron chi connectivity index (χ0n) is 12.7. The van der Waals surface area contributed by atoms with Crippen molar-refractivity contribution in [3.05, 3.63) is 78.1 Å². The standard InChI is InChI=1S/C19H18N2O/c1-15-8-11-17(21(15)2)14-20-16-9-12-19(13-10-16)22-18-6-4-3-5-7-18/h3-14H,1-2H3. The Hall–Kier alpha value is -2.81. The van der Waals surface area contributed by atoms with Gasteiger partial charge in [0.25, 0.3) is 0 Å². The minimum Gasteiger partial charge on any atom is -0.457 e. The van der Waals surface area contributed by atoms with Crippen LogP contribution in [0.4, 0.5) is 5.69 Å². The minimum absolute atomic E-state index is 0.805. The molecular weight excluding hydrogens is 272 g/mol. The molecule has 0 amide bonds. The summed E-state index contributed by atoms with van der Waals surface area (Å²) in [7, 11) is 2.04. The van der Waals surface area contributed by atoms with Crippen molar-refractivity contribution in [2.45, 2.75) is 6.92 Å². The maximum absolute atomic E-state index is 5.76. The van der Waals surface area contributed by atoms with Crippen LogP contribution in [0.1, 0.15) is 11.4 Å². The van der Waals surface area contributed by atoms with Gasteiger partial charge >= 0.3 is 0 Å². The second-order valence-electron chi connectivity index (χ2n) is 5.13. The third-order valence-corrected chi connectivity index (χ3v) is 3.57. The van der Waals surface area contributed by atoms with E-state index >= 15 is 0 Å². The predicted octanol–water partition coefficient (Wildman–Crippen LogP) is 4.88. The molecule has 1 heterocycles. The SMILES string of the molecule is Cc1ccc(C=Nc2ccc(Oc3ccccc3)cc2)n1C. The quantitative estimate of drug-likeness (QED) is 0.629. The fourth-order valence-corrected chi connectivity index (χ4v) is 2.13. The van der Waals surface area contributed by atoms with Gasteiger partial charge in [-0.1, -0.05) is 18.2 Å². The van der Waals surface area contributed by atoms with E-state index in [0.29, 0.717) is 0 Å². The second-order valence-corrected chi connectivity index (χ2v) is 5.13. The van der Waals surface area contributed by atoms with Crippen molar-refractivity contribution >= 4 is 11.9 Å². The topological polar surface area (TPSA) is 26.5 Å². The summed E-state index contributed by atoms with van der Waals surface area (Å²) in [5.74, 6) is 1.64. The number of hydrogen-bond donors (Lipinski definition) is 0. The summed E-state index contributed by atoms with van der Waals surface area (Å²) in [6, 6.07) is 21.6. The van der Waals surface area contributed by atoms with Crippen molar-refractivity contribution < 1.29 is 4.74 Å². The second kappa shape index (κ2) is 6.31. The third kappa shape index (κ3) is 3.26. The van der Waals surface area contributed by atoms with Crippen molar-refractivity contribution in [2.75, 3.05) is 0 Å². The minimum atomic E-state index is 0.805. The van der Waals surface area contributed by atoms with Crippen LogP contribution in [0, 0.1) is 6.92 Å². The number of benzene rings is 2. The molecule has 0 spiro atoms. The number of hydrogen-bond acceptors (Lipinski definition) is 2. The highest BCUT2D eigenvalue weighted by Crippen LogP contribution is 2.23. The highest BCUT2D eigenvalue weighted by molar-refractivity contribution is 5.80. The van der Waals surface area contributed by atoms with Gasteiger partial charge in [0.1, 0.15) is 11.5 Å². The van der Waals surface area contributed by atoms with Crippen LogP contribution in [0.2, 0.25) is 0 Å². The number of nitrogens with zero attached hydrogens (tertiary/aromatic N) is 2. The molecule has 0 atom stereocenters. The molecule has 110 valence electrons. The summed E-state index contributed by atoms with van der Waals surface area (Å²) in [5, 5.41) is 0. The molecule has 0 unspecified atom stereocenters. The number of para-hydroxylation sites is 1. The molecule has 0 aliphatic carbocycles. The molecular formula is C19H18N2O. The Morgan fingerprint density at radius 3 is 2.18 bits per heavy atom. The number of rotatable bonds is 4. The van der Waals surface area contributed by atoms with E-state index in [1.165, 1.54) is 5.69 Å². The van der Waals surface area contributed by atoms with E-state index in [1.807, 2.05) is 67.9 Å².